The van der Waals surface area contributed by atoms with Gasteiger partial charge in [-0.1, -0.05) is 19.3 Å². The van der Waals surface area contributed by atoms with Crippen molar-refractivity contribution in [2.75, 3.05) is 38.0 Å². The van der Waals surface area contributed by atoms with E-state index in [1.807, 2.05) is 6.92 Å². The molecule has 1 aliphatic carbocycles. The Bertz CT molecular complexity index is 795. The predicted molar refractivity (Wildman–Crippen MR) is 120 cm³/mol. The van der Waals surface area contributed by atoms with Crippen LogP contribution in [0, 0.1) is 25.2 Å². The van der Waals surface area contributed by atoms with Gasteiger partial charge in [0.2, 0.25) is 5.91 Å². The lowest BCUT2D eigenvalue weighted by molar-refractivity contribution is -0.117. The second-order valence-corrected chi connectivity index (χ2v) is 9.53. The van der Waals surface area contributed by atoms with E-state index >= 15 is 0 Å². The fourth-order valence-corrected chi connectivity index (χ4v) is 5.81. The first-order chi connectivity index (χ1) is 14.6. The van der Waals surface area contributed by atoms with Gasteiger partial charge in [0.05, 0.1) is 12.1 Å². The van der Waals surface area contributed by atoms with Crippen LogP contribution in [0.2, 0.25) is 0 Å². The maximum atomic E-state index is 13.1. The van der Waals surface area contributed by atoms with E-state index < -0.39 is 0 Å². The topological polar surface area (TPSA) is 64.3 Å². The largest absolute Gasteiger partial charge is 0.327 e. The van der Waals surface area contributed by atoms with Crippen molar-refractivity contribution in [3.63, 3.8) is 0 Å². The van der Waals surface area contributed by atoms with E-state index in [9.17, 15) is 10.1 Å². The minimum Gasteiger partial charge on any atom is -0.327 e. The van der Waals surface area contributed by atoms with Gasteiger partial charge in [0, 0.05) is 24.3 Å². The van der Waals surface area contributed by atoms with Crippen LogP contribution in [0.5, 0.6) is 0 Å². The maximum Gasteiger partial charge on any atom is 0.239 e. The Hall–Kier alpha value is -1.84. The van der Waals surface area contributed by atoms with Gasteiger partial charge in [-0.15, -0.1) is 0 Å². The van der Waals surface area contributed by atoms with Crippen LogP contribution in [0.1, 0.15) is 80.7 Å². The molecule has 6 nitrogen and oxygen atoms in total. The highest BCUT2D eigenvalue weighted by Gasteiger charge is 2.30. The molecule has 0 bridgehead atoms. The van der Waals surface area contributed by atoms with Gasteiger partial charge in [-0.25, -0.2) is 0 Å². The number of hydrogen-bond acceptors (Lipinski definition) is 4. The Balaban J connectivity index is 1.47. The van der Waals surface area contributed by atoms with Gasteiger partial charge < -0.3 is 14.8 Å². The molecule has 0 aromatic carbocycles. The molecular weight excluding hydrogens is 374 g/mol. The molecule has 0 radical (unpaired) electrons. The molecule has 6 heteroatoms. The Kier molecular flexibility index (Phi) is 6.80. The van der Waals surface area contributed by atoms with Crippen molar-refractivity contribution in [1.29, 1.82) is 5.26 Å². The van der Waals surface area contributed by atoms with Crippen molar-refractivity contribution < 1.29 is 4.79 Å². The number of rotatable bonds is 6. The third-order valence-corrected chi connectivity index (χ3v) is 7.58. The van der Waals surface area contributed by atoms with Crippen molar-refractivity contribution in [2.24, 2.45) is 0 Å². The number of likely N-dealkylation sites (tertiary alicyclic amines) is 2. The summed E-state index contributed by atoms with van der Waals surface area (Å²) in [6, 6.07) is 3.24. The normalized spacial score (nSPS) is 23.7. The van der Waals surface area contributed by atoms with Crippen LogP contribution in [0.25, 0.3) is 0 Å². The number of amides is 1. The van der Waals surface area contributed by atoms with Crippen LogP contribution in [-0.2, 0) is 4.79 Å². The lowest BCUT2D eigenvalue weighted by atomic mass is 9.95. The van der Waals surface area contributed by atoms with Crippen molar-refractivity contribution in [3.05, 3.63) is 16.8 Å². The summed E-state index contributed by atoms with van der Waals surface area (Å²) in [6.07, 6.45) is 11.0. The second kappa shape index (κ2) is 9.53. The molecule has 2 aliphatic heterocycles. The van der Waals surface area contributed by atoms with Gasteiger partial charge in [0.1, 0.15) is 11.9 Å². The molecule has 1 aromatic rings. The van der Waals surface area contributed by atoms with Gasteiger partial charge in [-0.05, 0) is 77.6 Å². The van der Waals surface area contributed by atoms with E-state index in [0.717, 1.165) is 43.0 Å². The minimum atomic E-state index is 0.0226. The predicted octanol–water partition coefficient (Wildman–Crippen LogP) is 3.98. The first-order valence-electron chi connectivity index (χ1n) is 12.0. The van der Waals surface area contributed by atoms with E-state index in [4.69, 9.17) is 0 Å². The summed E-state index contributed by atoms with van der Waals surface area (Å²) in [5.41, 5.74) is 2.77. The number of carbonyl (C=O) groups is 1. The number of hydrogen-bond donors (Lipinski definition) is 1. The molecule has 30 heavy (non-hydrogen) atoms. The average Bonchev–Trinajstić information content (AvgIpc) is 3.46. The van der Waals surface area contributed by atoms with Crippen molar-refractivity contribution >= 4 is 11.7 Å². The summed E-state index contributed by atoms with van der Waals surface area (Å²) in [6.45, 7) is 9.02. The van der Waals surface area contributed by atoms with Crippen LogP contribution in [0.3, 0.4) is 0 Å². The number of aromatic nitrogens is 1. The standard InChI is InChI=1S/C24H37N5O/c1-18-19(2)29(20-9-4-3-5-10-20)24(22(18)15-25)26-23(30)17-28-14-8-11-21(28)16-27-12-6-7-13-27/h20-21H,3-14,16-17H2,1-2H3,(H,26,30). The molecule has 164 valence electrons. The van der Waals surface area contributed by atoms with Gasteiger partial charge in [-0.2, -0.15) is 5.26 Å². The average molecular weight is 412 g/mol. The third-order valence-electron chi connectivity index (χ3n) is 7.58. The minimum absolute atomic E-state index is 0.0226. The first-order valence-corrected chi connectivity index (χ1v) is 12.0. The molecule has 3 heterocycles. The lowest BCUT2D eigenvalue weighted by Crippen LogP contribution is -2.43. The molecule has 1 unspecified atom stereocenters. The molecule has 1 atom stereocenters. The SMILES string of the molecule is Cc1c(C#N)c(NC(=O)CN2CCCC2CN2CCCC2)n(C2CCCCC2)c1C. The van der Waals surface area contributed by atoms with E-state index in [2.05, 4.69) is 32.7 Å². The number of nitrogens with one attached hydrogen (secondary N) is 1. The molecule has 0 spiro atoms. The number of anilines is 1. The molecule has 1 amide bonds. The second-order valence-electron chi connectivity index (χ2n) is 9.53. The first kappa shape index (κ1) is 21.4. The fourth-order valence-electron chi connectivity index (χ4n) is 5.81. The molecule has 1 N–H and O–H groups in total. The summed E-state index contributed by atoms with van der Waals surface area (Å²) in [5, 5.41) is 13.0. The Morgan fingerprint density at radius 1 is 1.03 bits per heavy atom. The van der Waals surface area contributed by atoms with E-state index in [-0.39, 0.29) is 5.91 Å². The van der Waals surface area contributed by atoms with Crippen molar-refractivity contribution in [2.45, 2.75) is 83.7 Å². The number of nitriles is 1. The van der Waals surface area contributed by atoms with Crippen molar-refractivity contribution in [3.8, 4) is 6.07 Å². The molecule has 1 aromatic heterocycles. The van der Waals surface area contributed by atoms with Gasteiger partial charge in [-0.3, -0.25) is 9.69 Å². The van der Waals surface area contributed by atoms with Crippen LogP contribution in [-0.4, -0.2) is 59.0 Å². The zero-order valence-corrected chi connectivity index (χ0v) is 18.8. The quantitative estimate of drug-likeness (QED) is 0.769. The molecule has 3 fully saturated rings. The van der Waals surface area contributed by atoms with Gasteiger partial charge >= 0.3 is 0 Å². The third kappa shape index (κ3) is 4.43. The molecule has 4 rings (SSSR count). The van der Waals surface area contributed by atoms with E-state index in [0.29, 0.717) is 24.2 Å². The molecule has 3 aliphatic rings. The highest BCUT2D eigenvalue weighted by atomic mass is 16.2. The smallest absolute Gasteiger partial charge is 0.239 e. The zero-order chi connectivity index (χ0) is 21.1. The van der Waals surface area contributed by atoms with Crippen molar-refractivity contribution in [1.82, 2.24) is 14.4 Å². The zero-order valence-electron chi connectivity index (χ0n) is 18.8. The molecular formula is C24H37N5O. The molecule has 1 saturated carbocycles. The number of carbonyl (C=O) groups excluding carboxylic acids is 1. The maximum absolute atomic E-state index is 13.1. The summed E-state index contributed by atoms with van der Waals surface area (Å²) in [7, 11) is 0. The fraction of sp³-hybridized carbons (Fsp3) is 0.750. The Labute approximate surface area is 181 Å². The summed E-state index contributed by atoms with van der Waals surface area (Å²) in [4.78, 5) is 18.0. The summed E-state index contributed by atoms with van der Waals surface area (Å²) < 4.78 is 2.26. The van der Waals surface area contributed by atoms with Crippen LogP contribution in [0.15, 0.2) is 0 Å². The van der Waals surface area contributed by atoms with E-state index in [1.54, 1.807) is 0 Å². The Morgan fingerprint density at radius 2 is 1.77 bits per heavy atom. The lowest BCUT2D eigenvalue weighted by Gasteiger charge is -2.29. The summed E-state index contributed by atoms with van der Waals surface area (Å²) in [5.74, 6) is 0.758. The highest BCUT2D eigenvalue weighted by Crippen LogP contribution is 2.36. The molecule has 2 saturated heterocycles. The van der Waals surface area contributed by atoms with Crippen LogP contribution < -0.4 is 5.32 Å². The summed E-state index contributed by atoms with van der Waals surface area (Å²) >= 11 is 0. The van der Waals surface area contributed by atoms with E-state index in [1.165, 1.54) is 58.0 Å². The highest BCUT2D eigenvalue weighted by molar-refractivity contribution is 5.93. The van der Waals surface area contributed by atoms with Gasteiger partial charge in [0.15, 0.2) is 0 Å². The van der Waals surface area contributed by atoms with Gasteiger partial charge in [0.25, 0.3) is 0 Å². The number of nitrogens with zero attached hydrogens (tertiary/aromatic N) is 4. The Morgan fingerprint density at radius 3 is 2.47 bits per heavy atom. The van der Waals surface area contributed by atoms with Crippen LogP contribution >= 0.6 is 0 Å². The monoisotopic (exact) mass is 411 g/mol. The van der Waals surface area contributed by atoms with Crippen LogP contribution in [0.4, 0.5) is 5.82 Å².